The number of para-hydroxylation sites is 1. The molecule has 0 saturated carbocycles. The molecule has 5 heteroatoms. The molecular formula is C17H24N3O2+. The van der Waals surface area contributed by atoms with Crippen LogP contribution in [-0.4, -0.2) is 24.3 Å². The number of carbonyl (C=O) groups is 1. The minimum atomic E-state index is -0.285. The molecule has 0 bridgehead atoms. The van der Waals surface area contributed by atoms with Crippen LogP contribution in [0.4, 0.5) is 0 Å². The molecule has 1 amide bonds. The Kier molecular flexibility index (Phi) is 5.33. The summed E-state index contributed by atoms with van der Waals surface area (Å²) in [5.74, 6) is 1.14. The Hall–Kier alpha value is -2.14. The quantitative estimate of drug-likeness (QED) is 0.640. The first-order chi connectivity index (χ1) is 10.5. The fraction of sp³-hybridized carbons (Fsp3) is 0.412. The standard InChI is InChI=1S/C17H23N3O2/c1-11(2)8-15(18)17(21)20-19-10-14-9-13-6-4-5-7-16(13)22-12(14)3/h4-7,9-12,15H,8,18H2,1-3H3,(H,20,21)/p+1/b19-10-/t12-,15+/m0/s1. The Morgan fingerprint density at radius 2 is 2.18 bits per heavy atom. The van der Waals surface area contributed by atoms with Crippen molar-refractivity contribution >= 4 is 18.2 Å². The SMILES string of the molecule is CC(C)C[C@@H]([NH3+])C(=O)N/N=C\C1=Cc2ccccc2O[C@H]1C. The first-order valence-corrected chi connectivity index (χ1v) is 7.60. The molecule has 5 nitrogen and oxygen atoms in total. The highest BCUT2D eigenvalue weighted by Gasteiger charge is 2.19. The summed E-state index contributed by atoms with van der Waals surface area (Å²) >= 11 is 0. The van der Waals surface area contributed by atoms with Gasteiger partial charge >= 0.3 is 0 Å². The zero-order valence-corrected chi connectivity index (χ0v) is 13.4. The maximum atomic E-state index is 11.9. The average Bonchev–Trinajstić information content (AvgIpc) is 2.46. The average molecular weight is 302 g/mol. The van der Waals surface area contributed by atoms with E-state index in [9.17, 15) is 4.79 Å². The number of amides is 1. The fourth-order valence-corrected chi connectivity index (χ4v) is 2.34. The lowest BCUT2D eigenvalue weighted by atomic mass is 10.0. The number of hydrogen-bond acceptors (Lipinski definition) is 3. The van der Waals surface area contributed by atoms with Crippen LogP contribution in [0.2, 0.25) is 0 Å². The van der Waals surface area contributed by atoms with E-state index in [-0.39, 0.29) is 18.1 Å². The Morgan fingerprint density at radius 1 is 1.45 bits per heavy atom. The minimum absolute atomic E-state index is 0.0956. The Bertz CT molecular complexity index is 593. The highest BCUT2D eigenvalue weighted by Crippen LogP contribution is 2.28. The van der Waals surface area contributed by atoms with Gasteiger partial charge in [-0.05, 0) is 25.0 Å². The van der Waals surface area contributed by atoms with Crippen molar-refractivity contribution in [2.75, 3.05) is 0 Å². The molecule has 4 N–H and O–H groups in total. The Morgan fingerprint density at radius 3 is 2.91 bits per heavy atom. The molecule has 1 aliphatic rings. The Balaban J connectivity index is 1.98. The van der Waals surface area contributed by atoms with Crippen LogP contribution in [0.1, 0.15) is 32.8 Å². The molecule has 1 heterocycles. The summed E-state index contributed by atoms with van der Waals surface area (Å²) in [6.07, 6.45) is 4.31. The molecule has 118 valence electrons. The maximum absolute atomic E-state index is 11.9. The van der Waals surface area contributed by atoms with E-state index in [2.05, 4.69) is 30.1 Å². The molecule has 0 aromatic heterocycles. The lowest BCUT2D eigenvalue weighted by Crippen LogP contribution is -2.67. The van der Waals surface area contributed by atoms with E-state index in [1.807, 2.05) is 37.3 Å². The number of hydrogen-bond donors (Lipinski definition) is 2. The molecular weight excluding hydrogens is 278 g/mol. The van der Waals surface area contributed by atoms with Gasteiger partial charge in [0.05, 0.1) is 6.21 Å². The number of nitrogens with zero attached hydrogens (tertiary/aromatic N) is 1. The van der Waals surface area contributed by atoms with Gasteiger partial charge in [0.15, 0.2) is 6.04 Å². The van der Waals surface area contributed by atoms with E-state index in [1.54, 1.807) is 6.21 Å². The molecule has 22 heavy (non-hydrogen) atoms. The summed E-state index contributed by atoms with van der Waals surface area (Å²) < 4.78 is 5.82. The molecule has 1 aliphatic heterocycles. The maximum Gasteiger partial charge on any atom is 0.298 e. The molecule has 2 rings (SSSR count). The van der Waals surface area contributed by atoms with Crippen LogP contribution in [-0.2, 0) is 4.79 Å². The van der Waals surface area contributed by atoms with Crippen LogP contribution in [0.3, 0.4) is 0 Å². The van der Waals surface area contributed by atoms with Crippen LogP contribution in [0.25, 0.3) is 6.08 Å². The van der Waals surface area contributed by atoms with Crippen molar-refractivity contribution in [3.8, 4) is 5.75 Å². The van der Waals surface area contributed by atoms with E-state index in [4.69, 9.17) is 4.74 Å². The van der Waals surface area contributed by atoms with Crippen LogP contribution in [0.15, 0.2) is 34.9 Å². The van der Waals surface area contributed by atoms with Gasteiger partial charge in [-0.25, -0.2) is 5.43 Å². The van der Waals surface area contributed by atoms with Gasteiger partial charge in [-0.1, -0.05) is 32.0 Å². The third-order valence-electron chi connectivity index (χ3n) is 3.53. The van der Waals surface area contributed by atoms with E-state index in [0.29, 0.717) is 5.92 Å². The monoisotopic (exact) mass is 302 g/mol. The second-order valence-corrected chi connectivity index (χ2v) is 6.00. The number of fused-ring (bicyclic) bond motifs is 1. The summed E-state index contributed by atoms with van der Waals surface area (Å²) in [4.78, 5) is 11.9. The van der Waals surface area contributed by atoms with Crippen LogP contribution >= 0.6 is 0 Å². The number of ether oxygens (including phenoxy) is 1. The van der Waals surface area contributed by atoms with Gasteiger partial charge in [-0.2, -0.15) is 5.10 Å². The molecule has 0 aliphatic carbocycles. The number of nitrogens with one attached hydrogen (secondary N) is 1. The number of benzene rings is 1. The summed E-state index contributed by atoms with van der Waals surface area (Å²) in [6.45, 7) is 6.09. The molecule has 0 fully saturated rings. The third-order valence-corrected chi connectivity index (χ3v) is 3.53. The van der Waals surface area contributed by atoms with Gasteiger partial charge in [-0.3, -0.25) is 4.79 Å². The molecule has 0 unspecified atom stereocenters. The fourth-order valence-electron chi connectivity index (χ4n) is 2.34. The first kappa shape index (κ1) is 16.2. The normalized spacial score (nSPS) is 18.6. The van der Waals surface area contributed by atoms with Crippen molar-refractivity contribution in [1.82, 2.24) is 5.43 Å². The zero-order chi connectivity index (χ0) is 16.1. The number of rotatable bonds is 5. The predicted octanol–water partition coefficient (Wildman–Crippen LogP) is 1.61. The molecule has 0 radical (unpaired) electrons. The second kappa shape index (κ2) is 7.22. The van der Waals surface area contributed by atoms with Gasteiger partial charge in [0.25, 0.3) is 5.91 Å². The van der Waals surface area contributed by atoms with E-state index in [1.165, 1.54) is 0 Å². The van der Waals surface area contributed by atoms with Gasteiger partial charge < -0.3 is 10.5 Å². The van der Waals surface area contributed by atoms with E-state index >= 15 is 0 Å². The van der Waals surface area contributed by atoms with Gasteiger partial charge in [0.2, 0.25) is 0 Å². The van der Waals surface area contributed by atoms with E-state index in [0.717, 1.165) is 23.3 Å². The molecule has 1 aromatic rings. The summed E-state index contributed by atoms with van der Waals surface area (Å²) in [7, 11) is 0. The zero-order valence-electron chi connectivity index (χ0n) is 13.4. The first-order valence-electron chi connectivity index (χ1n) is 7.60. The van der Waals surface area contributed by atoms with Crippen LogP contribution in [0, 0.1) is 5.92 Å². The van der Waals surface area contributed by atoms with Crippen molar-refractivity contribution in [2.45, 2.75) is 39.3 Å². The van der Waals surface area contributed by atoms with Crippen molar-refractivity contribution in [1.29, 1.82) is 0 Å². The Labute approximate surface area is 131 Å². The van der Waals surface area contributed by atoms with Gasteiger partial charge in [0.1, 0.15) is 11.9 Å². The predicted molar refractivity (Wildman–Crippen MR) is 87.3 cm³/mol. The van der Waals surface area contributed by atoms with E-state index < -0.39 is 0 Å². The smallest absolute Gasteiger partial charge is 0.298 e. The summed E-state index contributed by atoms with van der Waals surface area (Å²) in [5.41, 5.74) is 8.35. The van der Waals surface area contributed by atoms with Crippen molar-refractivity contribution < 1.29 is 15.3 Å². The van der Waals surface area contributed by atoms with Crippen LogP contribution < -0.4 is 15.9 Å². The molecule has 0 spiro atoms. The summed E-state index contributed by atoms with van der Waals surface area (Å²) in [5, 5.41) is 4.03. The summed E-state index contributed by atoms with van der Waals surface area (Å²) in [6, 6.07) is 7.55. The molecule has 0 saturated heterocycles. The topological polar surface area (TPSA) is 78.3 Å². The minimum Gasteiger partial charge on any atom is -0.485 e. The van der Waals surface area contributed by atoms with Crippen LogP contribution in [0.5, 0.6) is 5.75 Å². The third kappa shape index (κ3) is 4.18. The molecule has 1 aromatic carbocycles. The van der Waals surface area contributed by atoms with Crippen molar-refractivity contribution in [3.63, 3.8) is 0 Å². The van der Waals surface area contributed by atoms with Crippen molar-refractivity contribution in [3.05, 3.63) is 35.4 Å². The van der Waals surface area contributed by atoms with Gasteiger partial charge in [0, 0.05) is 17.6 Å². The largest absolute Gasteiger partial charge is 0.485 e. The van der Waals surface area contributed by atoms with Crippen molar-refractivity contribution in [2.24, 2.45) is 11.0 Å². The molecule has 2 atom stereocenters. The lowest BCUT2D eigenvalue weighted by molar-refractivity contribution is -0.406. The number of carbonyl (C=O) groups excluding carboxylic acids is 1. The highest BCUT2D eigenvalue weighted by molar-refractivity contribution is 5.90. The highest BCUT2D eigenvalue weighted by atomic mass is 16.5. The number of hydrazone groups is 1. The number of quaternary nitrogens is 1. The van der Waals surface area contributed by atoms with Gasteiger partial charge in [-0.15, -0.1) is 0 Å². The second-order valence-electron chi connectivity index (χ2n) is 6.00. The lowest BCUT2D eigenvalue weighted by Gasteiger charge is -2.22.